The second-order valence-corrected chi connectivity index (χ2v) is 8.54. The van der Waals surface area contributed by atoms with Gasteiger partial charge in [0.05, 0.1) is 11.1 Å². The van der Waals surface area contributed by atoms with Crippen molar-refractivity contribution in [2.75, 3.05) is 5.32 Å². The van der Waals surface area contributed by atoms with Crippen molar-refractivity contribution >= 4 is 46.8 Å². The van der Waals surface area contributed by atoms with E-state index in [1.54, 1.807) is 78.9 Å². The van der Waals surface area contributed by atoms with Crippen molar-refractivity contribution in [1.29, 1.82) is 0 Å². The van der Waals surface area contributed by atoms with Crippen molar-refractivity contribution < 1.29 is 29.0 Å². The molecule has 7 nitrogen and oxygen atoms in total. The first kappa shape index (κ1) is 27.2. The highest BCUT2D eigenvalue weighted by molar-refractivity contribution is 6.00. The summed E-state index contributed by atoms with van der Waals surface area (Å²) >= 11 is 0. The third-order valence-corrected chi connectivity index (χ3v) is 5.67. The number of carbonyl (C=O) groups excluding carboxylic acids is 2. The van der Waals surface area contributed by atoms with E-state index in [2.05, 4.69) is 5.32 Å². The lowest BCUT2D eigenvalue weighted by Gasteiger charge is -2.16. The van der Waals surface area contributed by atoms with Crippen LogP contribution in [-0.4, -0.2) is 29.1 Å². The van der Waals surface area contributed by atoms with Crippen LogP contribution < -0.4 is 14.8 Å². The molecule has 0 radical (unpaired) electrons. The maximum absolute atomic E-state index is 12.9. The largest absolute Gasteiger partial charge is 0.480 e. The van der Waals surface area contributed by atoms with Crippen LogP contribution in [0.1, 0.15) is 38.8 Å². The predicted octanol–water partition coefficient (Wildman–Crippen LogP) is 6.20. The fourth-order valence-corrected chi connectivity index (χ4v) is 3.56. The molecule has 4 aromatic carbocycles. The normalized spacial score (nSPS) is 11.2. The lowest BCUT2D eigenvalue weighted by Crippen LogP contribution is -2.25. The Bertz CT molecular complexity index is 1450. The van der Waals surface area contributed by atoms with Gasteiger partial charge in [0.1, 0.15) is 6.04 Å². The molecule has 0 saturated heterocycles. The highest BCUT2D eigenvalue weighted by Gasteiger charge is 2.19. The number of carboxylic acid groups (broad SMARTS) is 1. The maximum Gasteiger partial charge on any atom is 0.343 e. The first-order valence-electron chi connectivity index (χ1n) is 11.3. The van der Waals surface area contributed by atoms with Crippen molar-refractivity contribution in [3.63, 3.8) is 0 Å². The third-order valence-electron chi connectivity index (χ3n) is 5.67. The van der Waals surface area contributed by atoms with Gasteiger partial charge >= 0.3 is 17.9 Å². The van der Waals surface area contributed by atoms with Crippen LogP contribution in [0.15, 0.2) is 78.9 Å². The van der Waals surface area contributed by atoms with Gasteiger partial charge < -0.3 is 19.9 Å². The smallest absolute Gasteiger partial charge is 0.343 e. The van der Waals surface area contributed by atoms with E-state index in [-0.39, 0.29) is 23.9 Å². The Morgan fingerprint density at radius 2 is 1.24 bits per heavy atom. The lowest BCUT2D eigenvalue weighted by molar-refractivity contribution is -0.137. The van der Waals surface area contributed by atoms with Gasteiger partial charge in [-0.1, -0.05) is 47.5 Å². The molecule has 0 aliphatic heterocycles. The molecule has 0 aromatic heterocycles. The molecule has 0 aliphatic carbocycles. The number of hydrogen-bond acceptors (Lipinski definition) is 6. The topological polar surface area (TPSA) is 102 Å². The number of carbonyl (C=O) groups is 3. The minimum atomic E-state index is -1.01. The molecule has 0 aliphatic rings. The molecule has 1 unspecified atom stereocenters. The lowest BCUT2D eigenvalue weighted by atomic mass is 10.1. The number of esters is 2. The molecule has 37 heavy (non-hydrogen) atoms. The van der Waals surface area contributed by atoms with Crippen molar-refractivity contribution in [2.45, 2.75) is 26.8 Å². The molecule has 0 fully saturated rings. The molecule has 0 amide bonds. The second kappa shape index (κ2) is 11.6. The van der Waals surface area contributed by atoms with Gasteiger partial charge in [-0.05, 0) is 68.6 Å². The molecular formula is C29H26ClNO6. The van der Waals surface area contributed by atoms with E-state index >= 15 is 0 Å². The van der Waals surface area contributed by atoms with Gasteiger partial charge in [0, 0.05) is 11.1 Å². The molecule has 2 N–H and O–H groups in total. The van der Waals surface area contributed by atoms with Gasteiger partial charge in [-0.2, -0.15) is 0 Å². The summed E-state index contributed by atoms with van der Waals surface area (Å²) in [7, 11) is 0. The predicted molar refractivity (Wildman–Crippen MR) is 144 cm³/mol. The van der Waals surface area contributed by atoms with Crippen LogP contribution in [0.25, 0.3) is 10.8 Å². The summed E-state index contributed by atoms with van der Waals surface area (Å²) in [5.41, 5.74) is 3.21. The zero-order chi connectivity index (χ0) is 25.8. The highest BCUT2D eigenvalue weighted by Crippen LogP contribution is 2.37. The summed E-state index contributed by atoms with van der Waals surface area (Å²) in [5, 5.41) is 13.5. The third kappa shape index (κ3) is 6.45. The molecule has 4 rings (SSSR count). The molecule has 1 atom stereocenters. The van der Waals surface area contributed by atoms with E-state index in [9.17, 15) is 19.5 Å². The average molecular weight is 520 g/mol. The van der Waals surface area contributed by atoms with Gasteiger partial charge in [0.25, 0.3) is 0 Å². The van der Waals surface area contributed by atoms with Crippen molar-refractivity contribution in [1.82, 2.24) is 0 Å². The number of aryl methyl sites for hydroxylation is 2. The molecule has 0 saturated carbocycles. The minimum Gasteiger partial charge on any atom is -0.480 e. The number of rotatable bonds is 7. The Balaban J connectivity index is 0.00000380. The number of nitrogens with one attached hydrogen (secondary N) is 1. The summed E-state index contributed by atoms with van der Waals surface area (Å²) in [4.78, 5) is 37.1. The summed E-state index contributed by atoms with van der Waals surface area (Å²) in [6, 6.07) is 21.4. The number of ether oxygens (including phenoxy) is 2. The van der Waals surface area contributed by atoms with Gasteiger partial charge in [0.2, 0.25) is 0 Å². The molecule has 0 heterocycles. The Kier molecular flexibility index (Phi) is 8.52. The van der Waals surface area contributed by atoms with Crippen LogP contribution in [0.2, 0.25) is 0 Å². The first-order chi connectivity index (χ1) is 17.2. The fraction of sp³-hybridized carbons (Fsp3) is 0.138. The summed E-state index contributed by atoms with van der Waals surface area (Å²) in [6.07, 6.45) is 0. The molecule has 190 valence electrons. The van der Waals surface area contributed by atoms with Crippen LogP contribution in [-0.2, 0) is 4.79 Å². The van der Waals surface area contributed by atoms with Crippen molar-refractivity contribution in [3.8, 4) is 11.5 Å². The summed E-state index contributed by atoms with van der Waals surface area (Å²) in [6.45, 7) is 5.35. The second-order valence-electron chi connectivity index (χ2n) is 8.54. The van der Waals surface area contributed by atoms with Gasteiger partial charge in [-0.15, -0.1) is 12.4 Å². The number of anilines is 1. The van der Waals surface area contributed by atoms with Crippen molar-refractivity contribution in [2.24, 2.45) is 0 Å². The maximum atomic E-state index is 12.9. The molecule has 4 aromatic rings. The van der Waals surface area contributed by atoms with E-state index in [0.29, 0.717) is 27.6 Å². The van der Waals surface area contributed by atoms with E-state index in [1.165, 1.54) is 6.92 Å². The minimum absolute atomic E-state index is 0. The fourth-order valence-electron chi connectivity index (χ4n) is 3.56. The van der Waals surface area contributed by atoms with E-state index < -0.39 is 23.9 Å². The average Bonchev–Trinajstić information content (AvgIpc) is 2.85. The van der Waals surface area contributed by atoms with Crippen LogP contribution in [0.5, 0.6) is 11.5 Å². The molecule has 0 spiro atoms. The van der Waals surface area contributed by atoms with Crippen LogP contribution in [0.4, 0.5) is 5.69 Å². The summed E-state index contributed by atoms with van der Waals surface area (Å²) in [5.74, 6) is -2.13. The number of carboxylic acids is 1. The van der Waals surface area contributed by atoms with E-state index in [0.717, 1.165) is 11.1 Å². The Morgan fingerprint density at radius 1 is 0.757 bits per heavy atom. The number of hydrogen-bond donors (Lipinski definition) is 2. The molecule has 0 bridgehead atoms. The first-order valence-corrected chi connectivity index (χ1v) is 11.3. The van der Waals surface area contributed by atoms with Crippen LogP contribution in [0, 0.1) is 13.8 Å². The van der Waals surface area contributed by atoms with E-state index in [1.807, 2.05) is 13.8 Å². The Labute approximate surface area is 220 Å². The quantitative estimate of drug-likeness (QED) is 0.221. The molecular weight excluding hydrogens is 494 g/mol. The van der Waals surface area contributed by atoms with Crippen molar-refractivity contribution in [3.05, 3.63) is 101 Å². The number of halogens is 1. The summed E-state index contributed by atoms with van der Waals surface area (Å²) < 4.78 is 11.3. The Morgan fingerprint density at radius 3 is 1.73 bits per heavy atom. The molecule has 8 heteroatoms. The van der Waals surface area contributed by atoms with E-state index in [4.69, 9.17) is 9.47 Å². The van der Waals surface area contributed by atoms with Crippen LogP contribution >= 0.6 is 12.4 Å². The van der Waals surface area contributed by atoms with Gasteiger partial charge in [-0.25, -0.2) is 9.59 Å². The van der Waals surface area contributed by atoms with Crippen LogP contribution in [0.3, 0.4) is 0 Å². The standard InChI is InChI=1S/C29H25NO6.ClH/c1-17-7-11-20(12-8-17)28(33)35-25-15-22-5-4-6-24(30-19(3)27(31)32)23(22)16-26(25)36-29(34)21-13-9-18(2)10-14-21;/h4-16,19,30H,1-3H3,(H,31,32);1H. The zero-order valence-electron chi connectivity index (χ0n) is 20.5. The highest BCUT2D eigenvalue weighted by atomic mass is 35.5. The Hall–Kier alpha value is -4.36. The number of fused-ring (bicyclic) bond motifs is 1. The van der Waals surface area contributed by atoms with Gasteiger partial charge in [-0.3, -0.25) is 4.79 Å². The van der Waals surface area contributed by atoms with Gasteiger partial charge in [0.15, 0.2) is 11.5 Å². The SMILES string of the molecule is Cc1ccc(C(=O)Oc2cc3cccc(NC(C)C(=O)O)c3cc2OC(=O)c2ccc(C)cc2)cc1.Cl. The monoisotopic (exact) mass is 519 g/mol. The zero-order valence-corrected chi connectivity index (χ0v) is 21.3. The number of aliphatic carboxylic acids is 1. The number of benzene rings is 4.